The Morgan fingerprint density at radius 1 is 1.00 bits per heavy atom. The van der Waals surface area contributed by atoms with E-state index in [9.17, 15) is 5.11 Å². The maximum atomic E-state index is 9.42. The molecule has 5 heteroatoms. The summed E-state index contributed by atoms with van der Waals surface area (Å²) in [5.74, 6) is 1.42. The van der Waals surface area contributed by atoms with Gasteiger partial charge in [-0.3, -0.25) is 4.98 Å². The van der Waals surface area contributed by atoms with Crippen molar-refractivity contribution in [2.45, 2.75) is 12.8 Å². The normalized spacial score (nSPS) is 10.6. The summed E-state index contributed by atoms with van der Waals surface area (Å²) in [6, 6.07) is 10.9. The van der Waals surface area contributed by atoms with Crippen molar-refractivity contribution in [3.63, 3.8) is 0 Å². The van der Waals surface area contributed by atoms with E-state index in [1.54, 1.807) is 30.6 Å². The van der Waals surface area contributed by atoms with Gasteiger partial charge in [-0.2, -0.15) is 4.98 Å². The zero-order valence-corrected chi connectivity index (χ0v) is 10.7. The second kappa shape index (κ2) is 5.52. The minimum Gasteiger partial charge on any atom is -0.508 e. The molecule has 0 fully saturated rings. The Balaban J connectivity index is 1.71. The van der Waals surface area contributed by atoms with Crippen LogP contribution in [-0.2, 0) is 12.8 Å². The van der Waals surface area contributed by atoms with Crippen LogP contribution in [0.2, 0.25) is 0 Å². The van der Waals surface area contributed by atoms with Crippen LogP contribution >= 0.6 is 0 Å². The molecule has 0 atom stereocenters. The molecular weight excluding hydrogens is 254 g/mol. The maximum Gasteiger partial charge on any atom is 0.231 e. The summed E-state index contributed by atoms with van der Waals surface area (Å²) in [7, 11) is 0. The third kappa shape index (κ3) is 3.00. The molecule has 2 aromatic heterocycles. The molecule has 0 aliphatic rings. The smallest absolute Gasteiger partial charge is 0.231 e. The van der Waals surface area contributed by atoms with Crippen LogP contribution in [0.25, 0.3) is 0 Å². The van der Waals surface area contributed by atoms with Crippen LogP contribution in [0.5, 0.6) is 5.75 Å². The summed E-state index contributed by atoms with van der Waals surface area (Å²) in [5, 5.41) is 13.4. The molecule has 100 valence electrons. The molecule has 0 bridgehead atoms. The van der Waals surface area contributed by atoms with Gasteiger partial charge in [0.1, 0.15) is 5.75 Å². The average molecular weight is 267 g/mol. The molecule has 0 radical (unpaired) electrons. The highest BCUT2D eigenvalue weighted by Gasteiger charge is 2.08. The van der Waals surface area contributed by atoms with Gasteiger partial charge in [-0.15, -0.1) is 0 Å². The van der Waals surface area contributed by atoms with E-state index >= 15 is 0 Å². The number of aromatic hydroxyl groups is 1. The Bertz CT molecular complexity index is 695. The Kier molecular flexibility index (Phi) is 3.41. The van der Waals surface area contributed by atoms with Crippen molar-refractivity contribution in [3.05, 3.63) is 71.6 Å². The molecule has 1 N–H and O–H groups in total. The predicted molar refractivity (Wildman–Crippen MR) is 72.3 cm³/mol. The van der Waals surface area contributed by atoms with E-state index in [0.29, 0.717) is 24.6 Å². The number of hydrogen-bond donors (Lipinski definition) is 1. The number of nitrogens with zero attached hydrogens (tertiary/aromatic N) is 3. The highest BCUT2D eigenvalue weighted by atomic mass is 16.5. The Hall–Kier alpha value is -2.69. The number of hydrogen-bond acceptors (Lipinski definition) is 5. The second-order valence-corrected chi connectivity index (χ2v) is 4.48. The van der Waals surface area contributed by atoms with E-state index in [4.69, 9.17) is 4.52 Å². The van der Waals surface area contributed by atoms with Crippen LogP contribution in [-0.4, -0.2) is 20.2 Å². The maximum absolute atomic E-state index is 9.42. The third-order valence-electron chi connectivity index (χ3n) is 2.89. The van der Waals surface area contributed by atoms with Crippen molar-refractivity contribution in [2.24, 2.45) is 0 Å². The van der Waals surface area contributed by atoms with Crippen molar-refractivity contribution in [1.82, 2.24) is 15.1 Å². The summed E-state index contributed by atoms with van der Waals surface area (Å²) in [4.78, 5) is 8.32. The number of rotatable bonds is 4. The zero-order chi connectivity index (χ0) is 13.8. The van der Waals surface area contributed by atoms with Crippen molar-refractivity contribution in [2.75, 3.05) is 0 Å². The number of aromatic nitrogens is 3. The lowest BCUT2D eigenvalue weighted by Crippen LogP contribution is -1.92. The molecule has 3 aromatic rings. The fourth-order valence-electron chi connectivity index (χ4n) is 1.96. The summed E-state index contributed by atoms with van der Waals surface area (Å²) in [6.45, 7) is 0. The van der Waals surface area contributed by atoms with E-state index in [-0.39, 0.29) is 5.75 Å². The molecule has 0 aliphatic heterocycles. The summed E-state index contributed by atoms with van der Waals surface area (Å²) in [6.07, 6.45) is 4.61. The highest BCUT2D eigenvalue weighted by Crippen LogP contribution is 2.14. The minimum absolute atomic E-state index is 0.235. The van der Waals surface area contributed by atoms with Crippen LogP contribution in [0.15, 0.2) is 53.3 Å². The van der Waals surface area contributed by atoms with Gasteiger partial charge in [0, 0.05) is 18.8 Å². The van der Waals surface area contributed by atoms with E-state index in [0.717, 1.165) is 11.1 Å². The topological polar surface area (TPSA) is 72.0 Å². The molecule has 2 heterocycles. The molecule has 0 saturated carbocycles. The quantitative estimate of drug-likeness (QED) is 0.785. The Morgan fingerprint density at radius 2 is 1.85 bits per heavy atom. The van der Waals surface area contributed by atoms with Gasteiger partial charge in [-0.1, -0.05) is 17.3 Å². The number of phenols is 1. The van der Waals surface area contributed by atoms with Crippen LogP contribution in [0, 0.1) is 0 Å². The monoisotopic (exact) mass is 267 g/mol. The largest absolute Gasteiger partial charge is 0.508 e. The number of phenolic OH excluding ortho intramolecular Hbond substituents is 1. The molecule has 5 nitrogen and oxygen atoms in total. The number of pyridine rings is 1. The minimum atomic E-state index is 0.235. The van der Waals surface area contributed by atoms with Crippen molar-refractivity contribution >= 4 is 0 Å². The van der Waals surface area contributed by atoms with E-state index in [2.05, 4.69) is 15.1 Å². The van der Waals surface area contributed by atoms with Gasteiger partial charge in [0.05, 0.1) is 6.42 Å². The Morgan fingerprint density at radius 3 is 2.65 bits per heavy atom. The lowest BCUT2D eigenvalue weighted by atomic mass is 10.1. The molecule has 0 saturated heterocycles. The molecular formula is C15H13N3O2. The first-order valence-corrected chi connectivity index (χ1v) is 6.28. The molecule has 0 unspecified atom stereocenters. The molecule has 3 rings (SSSR count). The van der Waals surface area contributed by atoms with Crippen LogP contribution < -0.4 is 0 Å². The first-order chi connectivity index (χ1) is 9.79. The highest BCUT2D eigenvalue weighted by molar-refractivity contribution is 5.28. The predicted octanol–water partition coefficient (Wildman–Crippen LogP) is 2.35. The first kappa shape index (κ1) is 12.3. The average Bonchev–Trinajstić information content (AvgIpc) is 2.87. The van der Waals surface area contributed by atoms with Crippen LogP contribution in [0.3, 0.4) is 0 Å². The third-order valence-corrected chi connectivity index (χ3v) is 2.89. The lowest BCUT2D eigenvalue weighted by Gasteiger charge is -1.97. The van der Waals surface area contributed by atoms with Crippen molar-refractivity contribution in [1.29, 1.82) is 0 Å². The van der Waals surface area contributed by atoms with Crippen molar-refractivity contribution < 1.29 is 9.63 Å². The fraction of sp³-hybridized carbons (Fsp3) is 0.133. The number of benzene rings is 1. The SMILES string of the molecule is Oc1cccc(Cc2nc(Cc3ccncc3)no2)c1. The molecule has 0 amide bonds. The summed E-state index contributed by atoms with van der Waals surface area (Å²) in [5.41, 5.74) is 2.02. The fourth-order valence-corrected chi connectivity index (χ4v) is 1.96. The second-order valence-electron chi connectivity index (χ2n) is 4.48. The van der Waals surface area contributed by atoms with Gasteiger partial charge >= 0.3 is 0 Å². The van der Waals surface area contributed by atoms with Gasteiger partial charge in [-0.05, 0) is 35.4 Å². The summed E-state index contributed by atoms with van der Waals surface area (Å²) >= 11 is 0. The van der Waals surface area contributed by atoms with Crippen LogP contribution in [0.1, 0.15) is 22.8 Å². The Labute approximate surface area is 115 Å². The van der Waals surface area contributed by atoms with Crippen LogP contribution in [0.4, 0.5) is 0 Å². The molecule has 1 aromatic carbocycles. The van der Waals surface area contributed by atoms with Gasteiger partial charge in [0.25, 0.3) is 0 Å². The van der Waals surface area contributed by atoms with Gasteiger partial charge in [0.15, 0.2) is 5.82 Å². The summed E-state index contributed by atoms with van der Waals surface area (Å²) < 4.78 is 5.22. The van der Waals surface area contributed by atoms with Gasteiger partial charge in [-0.25, -0.2) is 0 Å². The molecule has 20 heavy (non-hydrogen) atoms. The molecule has 0 spiro atoms. The zero-order valence-electron chi connectivity index (χ0n) is 10.7. The van der Waals surface area contributed by atoms with Gasteiger partial charge in [0.2, 0.25) is 5.89 Å². The first-order valence-electron chi connectivity index (χ1n) is 6.28. The van der Waals surface area contributed by atoms with Crippen molar-refractivity contribution in [3.8, 4) is 5.75 Å². The van der Waals surface area contributed by atoms with E-state index in [1.807, 2.05) is 18.2 Å². The standard InChI is InChI=1S/C15H13N3O2/c19-13-3-1-2-12(8-13)10-15-17-14(18-20-15)9-11-4-6-16-7-5-11/h1-8,19H,9-10H2. The van der Waals surface area contributed by atoms with E-state index < -0.39 is 0 Å². The van der Waals surface area contributed by atoms with Gasteiger partial charge < -0.3 is 9.63 Å². The van der Waals surface area contributed by atoms with E-state index in [1.165, 1.54) is 0 Å². The lowest BCUT2D eigenvalue weighted by molar-refractivity contribution is 0.380. The molecule has 0 aliphatic carbocycles.